The smallest absolute Gasteiger partial charge is 0.0366 e. The first kappa shape index (κ1) is 13.6. The van der Waals surface area contributed by atoms with E-state index in [2.05, 4.69) is 55.3 Å². The third-order valence-electron chi connectivity index (χ3n) is 4.25. The molecule has 18 heavy (non-hydrogen) atoms. The molecule has 0 fully saturated rings. The summed E-state index contributed by atoms with van der Waals surface area (Å²) in [7, 11) is 0. The molecule has 1 N–H and O–H groups in total. The van der Waals surface area contributed by atoms with E-state index in [1.54, 1.807) is 0 Å². The topological polar surface area (TPSA) is 15.3 Å². The highest BCUT2D eigenvalue weighted by Gasteiger charge is 2.25. The monoisotopic (exact) mass is 246 g/mol. The van der Waals surface area contributed by atoms with Gasteiger partial charge in [0.15, 0.2) is 0 Å². The summed E-state index contributed by atoms with van der Waals surface area (Å²) < 4.78 is 0. The minimum absolute atomic E-state index is 0.580. The van der Waals surface area contributed by atoms with Gasteiger partial charge in [-0.1, -0.05) is 38.1 Å². The normalized spacial score (nSPS) is 21.4. The van der Waals surface area contributed by atoms with E-state index in [9.17, 15) is 0 Å². The average molecular weight is 246 g/mol. The Morgan fingerprint density at radius 3 is 2.83 bits per heavy atom. The van der Waals surface area contributed by atoms with Crippen molar-refractivity contribution in [2.24, 2.45) is 0 Å². The van der Waals surface area contributed by atoms with Gasteiger partial charge in [-0.2, -0.15) is 0 Å². The van der Waals surface area contributed by atoms with Crippen LogP contribution in [0.15, 0.2) is 24.3 Å². The second-order valence-electron chi connectivity index (χ2n) is 5.27. The molecule has 2 atom stereocenters. The number of fused-ring (bicyclic) bond motifs is 1. The van der Waals surface area contributed by atoms with Gasteiger partial charge in [-0.15, -0.1) is 0 Å². The number of hydrogen-bond acceptors (Lipinski definition) is 2. The van der Waals surface area contributed by atoms with Crippen LogP contribution >= 0.6 is 0 Å². The predicted molar refractivity (Wildman–Crippen MR) is 77.6 cm³/mol. The van der Waals surface area contributed by atoms with Crippen LogP contribution in [0.5, 0.6) is 0 Å². The van der Waals surface area contributed by atoms with Gasteiger partial charge in [0.25, 0.3) is 0 Å². The number of hydrogen-bond donors (Lipinski definition) is 1. The zero-order valence-electron chi connectivity index (χ0n) is 11.9. The van der Waals surface area contributed by atoms with Crippen LogP contribution in [-0.2, 0) is 6.54 Å². The Balaban J connectivity index is 2.31. The molecule has 2 unspecified atom stereocenters. The van der Waals surface area contributed by atoms with Gasteiger partial charge in [0.2, 0.25) is 0 Å². The number of nitrogens with zero attached hydrogens (tertiary/aromatic N) is 1. The summed E-state index contributed by atoms with van der Waals surface area (Å²) in [5, 5.41) is 3.54. The lowest BCUT2D eigenvalue weighted by Gasteiger charge is -2.35. The van der Waals surface area contributed by atoms with E-state index in [-0.39, 0.29) is 0 Å². The van der Waals surface area contributed by atoms with E-state index >= 15 is 0 Å². The molecule has 0 aliphatic carbocycles. The average Bonchev–Trinajstić information content (AvgIpc) is 2.62. The van der Waals surface area contributed by atoms with E-state index in [4.69, 9.17) is 0 Å². The van der Waals surface area contributed by atoms with Gasteiger partial charge in [-0.25, -0.2) is 0 Å². The highest BCUT2D eigenvalue weighted by Crippen LogP contribution is 2.30. The van der Waals surface area contributed by atoms with Gasteiger partial charge >= 0.3 is 0 Å². The fourth-order valence-electron chi connectivity index (χ4n) is 3.06. The molecule has 2 nitrogen and oxygen atoms in total. The van der Waals surface area contributed by atoms with E-state index in [0.29, 0.717) is 12.1 Å². The van der Waals surface area contributed by atoms with Crippen LogP contribution < -0.4 is 5.32 Å². The first-order valence-electron chi connectivity index (χ1n) is 7.32. The van der Waals surface area contributed by atoms with Crippen LogP contribution in [0, 0.1) is 0 Å². The van der Waals surface area contributed by atoms with Crippen LogP contribution in [-0.4, -0.2) is 24.0 Å². The van der Waals surface area contributed by atoms with E-state index in [0.717, 1.165) is 19.6 Å². The molecule has 0 bridgehead atoms. The molecule has 1 aromatic rings. The van der Waals surface area contributed by atoms with Crippen LogP contribution in [0.4, 0.5) is 0 Å². The second kappa shape index (κ2) is 6.35. The van der Waals surface area contributed by atoms with Crippen molar-refractivity contribution >= 4 is 0 Å². The van der Waals surface area contributed by atoms with Crippen LogP contribution in [0.2, 0.25) is 0 Å². The molecule has 1 heterocycles. The van der Waals surface area contributed by atoms with Gasteiger partial charge in [0, 0.05) is 18.6 Å². The fraction of sp³-hybridized carbons (Fsp3) is 0.625. The Bertz CT molecular complexity index is 375. The molecule has 0 saturated carbocycles. The highest BCUT2D eigenvalue weighted by molar-refractivity contribution is 5.31. The van der Waals surface area contributed by atoms with Crippen molar-refractivity contribution in [3.8, 4) is 0 Å². The summed E-state index contributed by atoms with van der Waals surface area (Å²) in [5.74, 6) is 0. The SMILES string of the molecule is CCC(C)N(CC)C1CCNCc2ccccc21. The Hall–Kier alpha value is -0.860. The standard InChI is InChI=1S/C16H26N2/c1-4-13(3)18(5-2)16-10-11-17-12-14-8-6-7-9-15(14)16/h6-9,13,16-17H,4-5,10-12H2,1-3H3. The van der Waals surface area contributed by atoms with Crippen molar-refractivity contribution in [3.63, 3.8) is 0 Å². The first-order chi connectivity index (χ1) is 8.77. The van der Waals surface area contributed by atoms with E-state index < -0.39 is 0 Å². The van der Waals surface area contributed by atoms with Crippen molar-refractivity contribution in [2.45, 2.75) is 52.2 Å². The highest BCUT2D eigenvalue weighted by atomic mass is 15.2. The Kier molecular flexibility index (Phi) is 4.79. The van der Waals surface area contributed by atoms with Gasteiger partial charge < -0.3 is 5.32 Å². The molecular weight excluding hydrogens is 220 g/mol. The van der Waals surface area contributed by atoms with Gasteiger partial charge in [0.05, 0.1) is 0 Å². The second-order valence-corrected chi connectivity index (χ2v) is 5.27. The molecule has 0 saturated heterocycles. The molecule has 0 aromatic heterocycles. The summed E-state index contributed by atoms with van der Waals surface area (Å²) in [6.45, 7) is 10.2. The fourth-order valence-corrected chi connectivity index (χ4v) is 3.06. The maximum atomic E-state index is 3.54. The summed E-state index contributed by atoms with van der Waals surface area (Å²) >= 11 is 0. The molecule has 1 aliphatic rings. The van der Waals surface area contributed by atoms with E-state index in [1.165, 1.54) is 24.0 Å². The molecule has 1 aromatic carbocycles. The van der Waals surface area contributed by atoms with Crippen molar-refractivity contribution in [1.29, 1.82) is 0 Å². The lowest BCUT2D eigenvalue weighted by molar-refractivity contribution is 0.142. The zero-order chi connectivity index (χ0) is 13.0. The van der Waals surface area contributed by atoms with E-state index in [1.807, 2.05) is 0 Å². The summed E-state index contributed by atoms with van der Waals surface area (Å²) in [5.41, 5.74) is 3.01. The number of benzene rings is 1. The molecule has 100 valence electrons. The lowest BCUT2D eigenvalue weighted by atomic mass is 9.96. The lowest BCUT2D eigenvalue weighted by Crippen LogP contribution is -2.36. The molecular formula is C16H26N2. The Morgan fingerprint density at radius 2 is 2.11 bits per heavy atom. The van der Waals surface area contributed by atoms with Gasteiger partial charge in [0.1, 0.15) is 0 Å². The van der Waals surface area contributed by atoms with Gasteiger partial charge in [-0.3, -0.25) is 4.90 Å². The van der Waals surface area contributed by atoms with Gasteiger partial charge in [-0.05, 0) is 44.0 Å². The number of nitrogens with one attached hydrogen (secondary N) is 1. The summed E-state index contributed by atoms with van der Waals surface area (Å²) in [6, 6.07) is 10.2. The minimum Gasteiger partial charge on any atom is -0.313 e. The van der Waals surface area contributed by atoms with Crippen LogP contribution in [0.1, 0.15) is 50.8 Å². The number of rotatable bonds is 4. The third kappa shape index (κ3) is 2.76. The molecule has 1 aliphatic heterocycles. The maximum Gasteiger partial charge on any atom is 0.0366 e. The quantitative estimate of drug-likeness (QED) is 0.876. The summed E-state index contributed by atoms with van der Waals surface area (Å²) in [4.78, 5) is 2.66. The van der Waals surface area contributed by atoms with Crippen molar-refractivity contribution in [3.05, 3.63) is 35.4 Å². The third-order valence-corrected chi connectivity index (χ3v) is 4.25. The zero-order valence-corrected chi connectivity index (χ0v) is 11.9. The molecule has 0 amide bonds. The first-order valence-corrected chi connectivity index (χ1v) is 7.32. The largest absolute Gasteiger partial charge is 0.313 e. The molecule has 0 spiro atoms. The predicted octanol–water partition coefficient (Wildman–Crippen LogP) is 3.34. The summed E-state index contributed by atoms with van der Waals surface area (Å²) in [6.07, 6.45) is 2.44. The Morgan fingerprint density at radius 1 is 1.33 bits per heavy atom. The molecule has 2 heteroatoms. The van der Waals surface area contributed by atoms with Crippen molar-refractivity contribution in [1.82, 2.24) is 10.2 Å². The molecule has 0 radical (unpaired) electrons. The van der Waals surface area contributed by atoms with Crippen LogP contribution in [0.25, 0.3) is 0 Å². The molecule has 2 rings (SSSR count). The van der Waals surface area contributed by atoms with Crippen molar-refractivity contribution < 1.29 is 0 Å². The maximum absolute atomic E-state index is 3.54. The van der Waals surface area contributed by atoms with Crippen molar-refractivity contribution in [2.75, 3.05) is 13.1 Å². The Labute approximate surface area is 111 Å². The minimum atomic E-state index is 0.580. The van der Waals surface area contributed by atoms with Crippen LogP contribution in [0.3, 0.4) is 0 Å².